The molecule has 0 fully saturated rings. The summed E-state index contributed by atoms with van der Waals surface area (Å²) in [5.74, 6) is -0.00233. The summed E-state index contributed by atoms with van der Waals surface area (Å²) in [5.41, 5.74) is 3.53. The van der Waals surface area contributed by atoms with Gasteiger partial charge in [-0.05, 0) is 43.0 Å². The molecule has 0 radical (unpaired) electrons. The molecule has 0 aliphatic heterocycles. The Morgan fingerprint density at radius 3 is 2.57 bits per heavy atom. The van der Waals surface area contributed by atoms with E-state index in [1.54, 1.807) is 0 Å². The molecular formula is C19H23ClN2O. The van der Waals surface area contributed by atoms with Crippen LogP contribution in [0.15, 0.2) is 48.5 Å². The zero-order valence-corrected chi connectivity index (χ0v) is 14.4. The molecule has 0 bridgehead atoms. The zero-order chi connectivity index (χ0) is 16.7. The Kier molecular flexibility index (Phi) is 6.63. The van der Waals surface area contributed by atoms with E-state index in [0.717, 1.165) is 12.0 Å². The van der Waals surface area contributed by atoms with Crippen molar-refractivity contribution in [3.63, 3.8) is 0 Å². The first-order valence-electron chi connectivity index (χ1n) is 7.87. The van der Waals surface area contributed by atoms with Gasteiger partial charge in [-0.3, -0.25) is 4.79 Å². The Hall–Kier alpha value is -1.84. The average molecular weight is 331 g/mol. The Labute approximate surface area is 143 Å². The number of nitrogens with one attached hydrogen (secondary N) is 2. The molecule has 0 saturated carbocycles. The predicted molar refractivity (Wildman–Crippen MR) is 95.8 cm³/mol. The largest absolute Gasteiger partial charge is 0.355 e. The molecule has 4 heteroatoms. The highest BCUT2D eigenvalue weighted by molar-refractivity contribution is 6.31. The molecule has 2 aromatic carbocycles. The summed E-state index contributed by atoms with van der Waals surface area (Å²) in [4.78, 5) is 11.9. The van der Waals surface area contributed by atoms with Gasteiger partial charge in [-0.1, -0.05) is 54.1 Å². The van der Waals surface area contributed by atoms with Gasteiger partial charge < -0.3 is 10.6 Å². The van der Waals surface area contributed by atoms with E-state index in [4.69, 9.17) is 11.6 Å². The van der Waals surface area contributed by atoms with E-state index in [1.807, 2.05) is 43.3 Å². The van der Waals surface area contributed by atoms with Crippen LogP contribution < -0.4 is 10.6 Å². The molecule has 0 aliphatic carbocycles. The number of benzene rings is 2. The van der Waals surface area contributed by atoms with Crippen molar-refractivity contribution in [2.75, 3.05) is 13.1 Å². The van der Waals surface area contributed by atoms with Crippen molar-refractivity contribution in [1.29, 1.82) is 0 Å². The van der Waals surface area contributed by atoms with Crippen LogP contribution in [0.2, 0.25) is 5.02 Å². The fraction of sp³-hybridized carbons (Fsp3) is 0.316. The number of halogens is 1. The van der Waals surface area contributed by atoms with Crippen LogP contribution in [-0.2, 0) is 11.2 Å². The fourth-order valence-electron chi connectivity index (χ4n) is 2.47. The second kappa shape index (κ2) is 8.70. The Morgan fingerprint density at radius 2 is 1.83 bits per heavy atom. The molecule has 2 N–H and O–H groups in total. The van der Waals surface area contributed by atoms with Crippen LogP contribution in [0.5, 0.6) is 0 Å². The van der Waals surface area contributed by atoms with Crippen LogP contribution in [0.3, 0.4) is 0 Å². The SMILES string of the molecule is Cc1ccccc1CCNC(=O)CN[C@@H](C)c1ccccc1Cl. The first-order valence-corrected chi connectivity index (χ1v) is 8.24. The van der Waals surface area contributed by atoms with Gasteiger partial charge in [0.1, 0.15) is 0 Å². The van der Waals surface area contributed by atoms with Gasteiger partial charge in [0.25, 0.3) is 0 Å². The third-order valence-electron chi connectivity index (χ3n) is 3.92. The normalized spacial score (nSPS) is 12.0. The number of rotatable bonds is 7. The van der Waals surface area contributed by atoms with Crippen LogP contribution >= 0.6 is 11.6 Å². The monoisotopic (exact) mass is 330 g/mol. The molecule has 0 aromatic heterocycles. The predicted octanol–water partition coefficient (Wildman–Crippen LogP) is 3.66. The average Bonchev–Trinajstić information content (AvgIpc) is 2.55. The molecular weight excluding hydrogens is 308 g/mol. The van der Waals surface area contributed by atoms with Crippen molar-refractivity contribution in [3.05, 3.63) is 70.2 Å². The molecule has 0 heterocycles. The molecule has 0 saturated heterocycles. The fourth-order valence-corrected chi connectivity index (χ4v) is 2.77. The van der Waals surface area contributed by atoms with Gasteiger partial charge in [0.15, 0.2) is 0 Å². The van der Waals surface area contributed by atoms with Crippen molar-refractivity contribution < 1.29 is 4.79 Å². The van der Waals surface area contributed by atoms with E-state index >= 15 is 0 Å². The highest BCUT2D eigenvalue weighted by Gasteiger charge is 2.10. The molecule has 0 spiro atoms. The van der Waals surface area contributed by atoms with E-state index < -0.39 is 0 Å². The second-order valence-corrected chi connectivity index (χ2v) is 6.06. The topological polar surface area (TPSA) is 41.1 Å². The van der Waals surface area contributed by atoms with E-state index in [1.165, 1.54) is 11.1 Å². The van der Waals surface area contributed by atoms with Crippen molar-refractivity contribution in [2.45, 2.75) is 26.3 Å². The van der Waals surface area contributed by atoms with Crippen LogP contribution in [0.25, 0.3) is 0 Å². The van der Waals surface area contributed by atoms with Crippen LogP contribution in [-0.4, -0.2) is 19.0 Å². The van der Waals surface area contributed by atoms with Crippen LogP contribution in [0.1, 0.15) is 29.7 Å². The number of aryl methyl sites for hydroxylation is 1. The maximum Gasteiger partial charge on any atom is 0.233 e. The molecule has 0 unspecified atom stereocenters. The summed E-state index contributed by atoms with van der Waals surface area (Å²) in [6, 6.07) is 15.9. The van der Waals surface area contributed by atoms with Crippen LogP contribution in [0.4, 0.5) is 0 Å². The van der Waals surface area contributed by atoms with Gasteiger partial charge >= 0.3 is 0 Å². The van der Waals surface area contributed by atoms with Crippen molar-refractivity contribution in [1.82, 2.24) is 10.6 Å². The summed E-state index contributed by atoms with van der Waals surface area (Å²) in [6.07, 6.45) is 0.846. The lowest BCUT2D eigenvalue weighted by atomic mass is 10.1. The quantitative estimate of drug-likeness (QED) is 0.813. The molecule has 1 amide bonds. The van der Waals surface area contributed by atoms with Gasteiger partial charge in [-0.25, -0.2) is 0 Å². The van der Waals surface area contributed by atoms with Gasteiger partial charge in [0.05, 0.1) is 6.54 Å². The summed E-state index contributed by atoms with van der Waals surface area (Å²) in [6.45, 7) is 5.01. The van der Waals surface area contributed by atoms with E-state index in [9.17, 15) is 4.79 Å². The van der Waals surface area contributed by atoms with Crippen molar-refractivity contribution in [3.8, 4) is 0 Å². The standard InChI is InChI=1S/C19H23ClN2O/c1-14-7-3-4-8-16(14)11-12-21-19(23)13-22-15(2)17-9-5-6-10-18(17)20/h3-10,15,22H,11-13H2,1-2H3,(H,21,23)/t15-/m0/s1. The summed E-state index contributed by atoms with van der Waals surface area (Å²) in [7, 11) is 0. The Balaban J connectivity index is 1.73. The second-order valence-electron chi connectivity index (χ2n) is 5.65. The maximum absolute atomic E-state index is 11.9. The number of hydrogen-bond acceptors (Lipinski definition) is 2. The molecule has 3 nitrogen and oxygen atoms in total. The van der Waals surface area contributed by atoms with E-state index in [0.29, 0.717) is 11.6 Å². The molecule has 0 aliphatic rings. The third-order valence-corrected chi connectivity index (χ3v) is 4.26. The summed E-state index contributed by atoms with van der Waals surface area (Å²) < 4.78 is 0. The molecule has 2 rings (SSSR count). The first-order chi connectivity index (χ1) is 11.1. The lowest BCUT2D eigenvalue weighted by Crippen LogP contribution is -2.36. The van der Waals surface area contributed by atoms with E-state index in [2.05, 4.69) is 29.7 Å². The first kappa shape index (κ1) is 17.5. The van der Waals surface area contributed by atoms with Gasteiger partial charge in [-0.15, -0.1) is 0 Å². The maximum atomic E-state index is 11.9. The minimum Gasteiger partial charge on any atom is -0.355 e. The number of amides is 1. The van der Waals surface area contributed by atoms with Gasteiger partial charge in [0.2, 0.25) is 5.91 Å². The highest BCUT2D eigenvalue weighted by Crippen LogP contribution is 2.21. The summed E-state index contributed by atoms with van der Waals surface area (Å²) in [5, 5.41) is 6.86. The molecule has 2 aromatic rings. The lowest BCUT2D eigenvalue weighted by Gasteiger charge is -2.15. The Bertz CT molecular complexity index is 657. The summed E-state index contributed by atoms with van der Waals surface area (Å²) >= 11 is 6.16. The number of hydrogen-bond donors (Lipinski definition) is 2. The number of carbonyl (C=O) groups is 1. The Morgan fingerprint density at radius 1 is 1.13 bits per heavy atom. The smallest absolute Gasteiger partial charge is 0.233 e. The van der Waals surface area contributed by atoms with Crippen molar-refractivity contribution in [2.24, 2.45) is 0 Å². The van der Waals surface area contributed by atoms with E-state index in [-0.39, 0.29) is 18.5 Å². The molecule has 122 valence electrons. The third kappa shape index (κ3) is 5.38. The number of carbonyl (C=O) groups excluding carboxylic acids is 1. The highest BCUT2D eigenvalue weighted by atomic mass is 35.5. The molecule has 23 heavy (non-hydrogen) atoms. The lowest BCUT2D eigenvalue weighted by molar-refractivity contribution is -0.120. The minimum atomic E-state index is -0.00233. The minimum absolute atomic E-state index is 0.00233. The van der Waals surface area contributed by atoms with Crippen molar-refractivity contribution >= 4 is 17.5 Å². The van der Waals surface area contributed by atoms with Gasteiger partial charge in [0, 0.05) is 17.6 Å². The zero-order valence-electron chi connectivity index (χ0n) is 13.6. The van der Waals surface area contributed by atoms with Crippen LogP contribution in [0, 0.1) is 6.92 Å². The van der Waals surface area contributed by atoms with Gasteiger partial charge in [-0.2, -0.15) is 0 Å². The molecule has 1 atom stereocenters.